The minimum atomic E-state index is 0.148. The average Bonchev–Trinajstić information content (AvgIpc) is 2.47. The van der Waals surface area contributed by atoms with E-state index in [4.69, 9.17) is 0 Å². The smallest absolute Gasteiger partial charge is 0.219 e. The number of anilines is 2. The molecule has 0 atom stereocenters. The van der Waals surface area contributed by atoms with Gasteiger partial charge in [-0.05, 0) is 12.8 Å². The maximum absolute atomic E-state index is 11.4. The normalized spacial score (nSPS) is 15.5. The molecule has 1 aromatic rings. The maximum Gasteiger partial charge on any atom is 0.219 e. The second kappa shape index (κ2) is 6.74. The number of nitrogens with zero attached hydrogens (tertiary/aromatic N) is 4. The van der Waals surface area contributed by atoms with Crippen molar-refractivity contribution in [2.75, 3.05) is 42.9 Å². The van der Waals surface area contributed by atoms with E-state index in [2.05, 4.69) is 41.0 Å². The van der Waals surface area contributed by atoms with Crippen molar-refractivity contribution in [1.29, 1.82) is 0 Å². The van der Waals surface area contributed by atoms with E-state index >= 15 is 0 Å². The second-order valence-electron chi connectivity index (χ2n) is 5.64. The molecule has 1 saturated heterocycles. The summed E-state index contributed by atoms with van der Waals surface area (Å²) in [5, 5.41) is 3.32. The Bertz CT molecular complexity index is 495. The molecule has 116 valence electrons. The van der Waals surface area contributed by atoms with Crippen LogP contribution in [-0.4, -0.2) is 53.5 Å². The van der Waals surface area contributed by atoms with Crippen molar-refractivity contribution in [3.63, 3.8) is 0 Å². The minimum absolute atomic E-state index is 0.148. The lowest BCUT2D eigenvalue weighted by atomic mass is 10.0. The van der Waals surface area contributed by atoms with Crippen LogP contribution in [0.3, 0.4) is 0 Å². The van der Waals surface area contributed by atoms with Crippen molar-refractivity contribution in [1.82, 2.24) is 14.9 Å². The van der Waals surface area contributed by atoms with Crippen molar-refractivity contribution in [3.8, 4) is 0 Å². The summed E-state index contributed by atoms with van der Waals surface area (Å²) in [6, 6.07) is 0. The number of carbonyl (C=O) groups is 1. The Labute approximate surface area is 126 Å². The number of rotatable bonds is 4. The summed E-state index contributed by atoms with van der Waals surface area (Å²) < 4.78 is 0. The van der Waals surface area contributed by atoms with Gasteiger partial charge in [0.05, 0.1) is 0 Å². The summed E-state index contributed by atoms with van der Waals surface area (Å²) in [7, 11) is 0. The monoisotopic (exact) mass is 291 g/mol. The van der Waals surface area contributed by atoms with Gasteiger partial charge in [0, 0.05) is 45.2 Å². The highest BCUT2D eigenvalue weighted by Gasteiger charge is 2.24. The number of nitrogens with one attached hydrogen (secondary N) is 1. The van der Waals surface area contributed by atoms with E-state index in [1.165, 1.54) is 0 Å². The van der Waals surface area contributed by atoms with Gasteiger partial charge in [-0.2, -0.15) is 0 Å². The Balaban J connectivity index is 2.24. The van der Waals surface area contributed by atoms with Crippen LogP contribution in [0.2, 0.25) is 0 Å². The van der Waals surface area contributed by atoms with Gasteiger partial charge in [0.1, 0.15) is 18.0 Å². The molecular formula is C15H25N5O. The summed E-state index contributed by atoms with van der Waals surface area (Å²) in [6.45, 7) is 12.0. The zero-order valence-electron chi connectivity index (χ0n) is 13.4. The molecule has 2 heterocycles. The van der Waals surface area contributed by atoms with Gasteiger partial charge in [0.25, 0.3) is 0 Å². The number of hydrogen-bond acceptors (Lipinski definition) is 5. The van der Waals surface area contributed by atoms with E-state index in [0.717, 1.165) is 49.9 Å². The first-order valence-corrected chi connectivity index (χ1v) is 7.63. The number of aromatic nitrogens is 2. The van der Waals surface area contributed by atoms with E-state index in [-0.39, 0.29) is 5.91 Å². The quantitative estimate of drug-likeness (QED) is 0.915. The van der Waals surface area contributed by atoms with Gasteiger partial charge < -0.3 is 15.1 Å². The van der Waals surface area contributed by atoms with Crippen molar-refractivity contribution in [3.05, 3.63) is 11.9 Å². The summed E-state index contributed by atoms with van der Waals surface area (Å²) in [5.74, 6) is 2.42. The van der Waals surface area contributed by atoms with Crippen LogP contribution in [0.25, 0.3) is 0 Å². The lowest BCUT2D eigenvalue weighted by Gasteiger charge is -2.36. The first kappa shape index (κ1) is 15.5. The Hall–Kier alpha value is -1.85. The van der Waals surface area contributed by atoms with E-state index < -0.39 is 0 Å². The summed E-state index contributed by atoms with van der Waals surface area (Å²) in [6.07, 6.45) is 1.62. The largest absolute Gasteiger partial charge is 0.370 e. The molecule has 0 radical (unpaired) electrons. The maximum atomic E-state index is 11.4. The van der Waals surface area contributed by atoms with Crippen LogP contribution in [0.1, 0.15) is 39.2 Å². The van der Waals surface area contributed by atoms with Crippen LogP contribution in [0.5, 0.6) is 0 Å². The van der Waals surface area contributed by atoms with Crippen molar-refractivity contribution in [2.45, 2.75) is 33.6 Å². The molecule has 6 nitrogen and oxygen atoms in total. The fraction of sp³-hybridized carbons (Fsp3) is 0.667. The Morgan fingerprint density at radius 2 is 1.95 bits per heavy atom. The third-order valence-corrected chi connectivity index (χ3v) is 3.81. The summed E-state index contributed by atoms with van der Waals surface area (Å²) >= 11 is 0. The Kier molecular flexibility index (Phi) is 4.98. The second-order valence-corrected chi connectivity index (χ2v) is 5.64. The van der Waals surface area contributed by atoms with Crippen molar-refractivity contribution in [2.24, 2.45) is 0 Å². The van der Waals surface area contributed by atoms with Crippen molar-refractivity contribution < 1.29 is 4.79 Å². The fourth-order valence-electron chi connectivity index (χ4n) is 2.71. The molecule has 1 aromatic heterocycles. The van der Waals surface area contributed by atoms with Crippen LogP contribution in [0, 0.1) is 0 Å². The Morgan fingerprint density at radius 3 is 2.48 bits per heavy atom. The molecular weight excluding hydrogens is 266 g/mol. The van der Waals surface area contributed by atoms with Crippen LogP contribution in [0.15, 0.2) is 6.33 Å². The van der Waals surface area contributed by atoms with Crippen LogP contribution in [0.4, 0.5) is 11.6 Å². The number of piperazine rings is 1. The first-order valence-electron chi connectivity index (χ1n) is 7.63. The van der Waals surface area contributed by atoms with Gasteiger partial charge in [-0.15, -0.1) is 0 Å². The van der Waals surface area contributed by atoms with E-state index in [1.807, 2.05) is 4.90 Å². The predicted octanol–water partition coefficient (Wildman–Crippen LogP) is 1.70. The summed E-state index contributed by atoms with van der Waals surface area (Å²) in [4.78, 5) is 24.5. The highest BCUT2D eigenvalue weighted by molar-refractivity contribution is 5.73. The van der Waals surface area contributed by atoms with E-state index in [1.54, 1.807) is 13.3 Å². The SMILES string of the molecule is CCNc1ncnc(N2CCN(C(C)=O)CC2)c1C(C)C. The number of amides is 1. The lowest BCUT2D eigenvalue weighted by Crippen LogP contribution is -2.48. The van der Waals surface area contributed by atoms with Gasteiger partial charge in [-0.1, -0.05) is 13.8 Å². The zero-order valence-corrected chi connectivity index (χ0v) is 13.4. The first-order chi connectivity index (χ1) is 10.0. The molecule has 1 amide bonds. The van der Waals surface area contributed by atoms with Crippen LogP contribution in [-0.2, 0) is 4.79 Å². The third-order valence-electron chi connectivity index (χ3n) is 3.81. The average molecular weight is 291 g/mol. The molecule has 1 fully saturated rings. The van der Waals surface area contributed by atoms with Gasteiger partial charge in [0.15, 0.2) is 0 Å². The zero-order chi connectivity index (χ0) is 15.4. The lowest BCUT2D eigenvalue weighted by molar-refractivity contribution is -0.129. The van der Waals surface area contributed by atoms with Gasteiger partial charge in [0.2, 0.25) is 5.91 Å². The predicted molar refractivity (Wildman–Crippen MR) is 84.8 cm³/mol. The highest BCUT2D eigenvalue weighted by Crippen LogP contribution is 2.31. The van der Waals surface area contributed by atoms with E-state index in [9.17, 15) is 4.79 Å². The summed E-state index contributed by atoms with van der Waals surface area (Å²) in [5.41, 5.74) is 1.16. The molecule has 1 aliphatic heterocycles. The molecule has 21 heavy (non-hydrogen) atoms. The number of hydrogen-bond donors (Lipinski definition) is 1. The van der Waals surface area contributed by atoms with Gasteiger partial charge >= 0.3 is 0 Å². The van der Waals surface area contributed by atoms with E-state index in [0.29, 0.717) is 5.92 Å². The molecule has 2 rings (SSSR count). The minimum Gasteiger partial charge on any atom is -0.370 e. The molecule has 0 unspecified atom stereocenters. The molecule has 0 saturated carbocycles. The molecule has 1 aliphatic rings. The molecule has 6 heteroatoms. The van der Waals surface area contributed by atoms with Crippen LogP contribution >= 0.6 is 0 Å². The molecule has 1 N–H and O–H groups in total. The molecule has 0 spiro atoms. The standard InChI is InChI=1S/C15H25N5O/c1-5-16-14-13(11(2)3)15(18-10-17-14)20-8-6-19(7-9-20)12(4)21/h10-11H,5-9H2,1-4H3,(H,16,17,18). The topological polar surface area (TPSA) is 61.4 Å². The number of carbonyl (C=O) groups excluding carboxylic acids is 1. The van der Waals surface area contributed by atoms with Gasteiger partial charge in [-0.3, -0.25) is 4.79 Å². The highest BCUT2D eigenvalue weighted by atomic mass is 16.2. The fourth-order valence-corrected chi connectivity index (χ4v) is 2.71. The Morgan fingerprint density at radius 1 is 1.29 bits per heavy atom. The molecule has 0 bridgehead atoms. The molecule has 0 aliphatic carbocycles. The molecule has 0 aromatic carbocycles. The third kappa shape index (κ3) is 3.43. The van der Waals surface area contributed by atoms with Gasteiger partial charge in [-0.25, -0.2) is 9.97 Å². The van der Waals surface area contributed by atoms with Crippen LogP contribution < -0.4 is 10.2 Å². The van der Waals surface area contributed by atoms with Crippen molar-refractivity contribution >= 4 is 17.5 Å².